The predicted molar refractivity (Wildman–Crippen MR) is 102 cm³/mol. The van der Waals surface area contributed by atoms with Gasteiger partial charge in [0.25, 0.3) is 0 Å². The third kappa shape index (κ3) is 3.12. The number of thioether (sulfide) groups is 1. The predicted octanol–water partition coefficient (Wildman–Crippen LogP) is 4.43. The minimum Gasteiger partial charge on any atom is -0.330 e. The highest BCUT2D eigenvalue weighted by atomic mass is 32.2. The first-order valence-electron chi connectivity index (χ1n) is 8.92. The van der Waals surface area contributed by atoms with Crippen LogP contribution in [0, 0.1) is 11.6 Å². The summed E-state index contributed by atoms with van der Waals surface area (Å²) in [5.74, 6) is -0.905. The summed E-state index contributed by atoms with van der Waals surface area (Å²) in [6, 6.07) is 14.0. The molecule has 4 rings (SSSR count). The molecule has 2 aromatic carbocycles. The van der Waals surface area contributed by atoms with E-state index in [1.807, 2.05) is 18.2 Å². The lowest BCUT2D eigenvalue weighted by molar-refractivity contribution is 0.160. The molecule has 1 atom stereocenters. The van der Waals surface area contributed by atoms with Crippen LogP contribution in [0.1, 0.15) is 36.8 Å². The number of halogens is 2. The Balaban J connectivity index is 1.78. The molecule has 136 valence electrons. The Hall–Kier alpha value is -1.92. The number of hydrogen-bond acceptors (Lipinski definition) is 4. The van der Waals surface area contributed by atoms with Gasteiger partial charge in [0.15, 0.2) is 0 Å². The van der Waals surface area contributed by atoms with Crippen molar-refractivity contribution in [2.45, 2.75) is 36.6 Å². The van der Waals surface area contributed by atoms with Gasteiger partial charge >= 0.3 is 0 Å². The standard InChI is InChI=1S/C20H21F2N3S/c21-15-7-10-18(22)17(13-15)19-24-25(16-8-9-16)20(26-19,11-4-12-23)14-5-2-1-3-6-14/h1-3,5-7,10,13,16H,4,8-9,11-12,23H2. The van der Waals surface area contributed by atoms with Gasteiger partial charge in [-0.3, -0.25) is 5.01 Å². The van der Waals surface area contributed by atoms with Crippen LogP contribution in [0.3, 0.4) is 0 Å². The molecule has 0 aromatic heterocycles. The van der Waals surface area contributed by atoms with E-state index in [9.17, 15) is 8.78 Å². The Morgan fingerprint density at radius 3 is 2.62 bits per heavy atom. The van der Waals surface area contributed by atoms with Crippen molar-refractivity contribution in [3.05, 3.63) is 71.3 Å². The van der Waals surface area contributed by atoms with Gasteiger partial charge in [-0.25, -0.2) is 8.78 Å². The molecule has 1 aliphatic carbocycles. The fourth-order valence-electron chi connectivity index (χ4n) is 3.41. The summed E-state index contributed by atoms with van der Waals surface area (Å²) in [5.41, 5.74) is 7.15. The number of hydrazone groups is 1. The molecule has 1 unspecified atom stereocenters. The van der Waals surface area contributed by atoms with Gasteiger partial charge in [0.2, 0.25) is 0 Å². The van der Waals surface area contributed by atoms with E-state index in [2.05, 4.69) is 17.1 Å². The third-order valence-corrected chi connectivity index (χ3v) is 6.29. The quantitative estimate of drug-likeness (QED) is 0.814. The summed E-state index contributed by atoms with van der Waals surface area (Å²) in [5, 5.41) is 7.42. The fourth-order valence-corrected chi connectivity index (χ4v) is 4.91. The van der Waals surface area contributed by atoms with Crippen LogP contribution in [0.2, 0.25) is 0 Å². The number of hydrogen-bond donors (Lipinski definition) is 1. The van der Waals surface area contributed by atoms with Gasteiger partial charge in [-0.05, 0) is 56.0 Å². The van der Waals surface area contributed by atoms with Crippen molar-refractivity contribution in [2.24, 2.45) is 10.8 Å². The maximum absolute atomic E-state index is 14.4. The molecule has 6 heteroatoms. The normalized spacial score (nSPS) is 22.6. The Bertz CT molecular complexity index is 823. The summed E-state index contributed by atoms with van der Waals surface area (Å²) in [6.07, 6.45) is 3.78. The van der Waals surface area contributed by atoms with Crippen molar-refractivity contribution >= 4 is 16.8 Å². The molecular formula is C20H21F2N3S. The van der Waals surface area contributed by atoms with Gasteiger partial charge in [0.05, 0.1) is 0 Å². The number of nitrogens with two attached hydrogens (primary N) is 1. The van der Waals surface area contributed by atoms with Crippen LogP contribution in [-0.2, 0) is 4.87 Å². The van der Waals surface area contributed by atoms with E-state index in [0.717, 1.165) is 43.4 Å². The van der Waals surface area contributed by atoms with E-state index in [0.29, 0.717) is 17.6 Å². The minimum atomic E-state index is -0.457. The zero-order valence-corrected chi connectivity index (χ0v) is 15.2. The van der Waals surface area contributed by atoms with Crippen LogP contribution in [0.25, 0.3) is 0 Å². The molecule has 0 spiro atoms. The molecule has 2 aliphatic rings. The first kappa shape index (κ1) is 17.5. The lowest BCUT2D eigenvalue weighted by Gasteiger charge is -2.37. The SMILES string of the molecule is NCCCC1(c2ccccc2)SC(c2cc(F)ccc2F)=NN1C1CC1. The summed E-state index contributed by atoms with van der Waals surface area (Å²) in [4.78, 5) is -0.421. The molecule has 1 heterocycles. The zero-order chi connectivity index (χ0) is 18.1. The molecule has 1 aliphatic heterocycles. The summed E-state index contributed by atoms with van der Waals surface area (Å²) in [6.45, 7) is 0.581. The lowest BCUT2D eigenvalue weighted by atomic mass is 10.00. The molecule has 1 saturated carbocycles. The fraction of sp³-hybridized carbons (Fsp3) is 0.350. The minimum absolute atomic E-state index is 0.228. The third-order valence-electron chi connectivity index (χ3n) is 4.83. The molecule has 1 fully saturated rings. The van der Waals surface area contributed by atoms with Crippen molar-refractivity contribution in [3.8, 4) is 0 Å². The Kier molecular flexibility index (Phi) is 4.71. The molecule has 3 nitrogen and oxygen atoms in total. The second-order valence-electron chi connectivity index (χ2n) is 6.75. The lowest BCUT2D eigenvalue weighted by Crippen LogP contribution is -2.39. The summed E-state index contributed by atoms with van der Waals surface area (Å²) < 4.78 is 28.1. The largest absolute Gasteiger partial charge is 0.330 e. The van der Waals surface area contributed by atoms with Crippen LogP contribution in [0.5, 0.6) is 0 Å². The van der Waals surface area contributed by atoms with Gasteiger partial charge in [-0.15, -0.1) is 0 Å². The van der Waals surface area contributed by atoms with Crippen molar-refractivity contribution in [2.75, 3.05) is 6.54 Å². The molecular weight excluding hydrogens is 352 g/mol. The number of benzene rings is 2. The van der Waals surface area contributed by atoms with E-state index in [1.54, 1.807) is 0 Å². The van der Waals surface area contributed by atoms with Gasteiger partial charge < -0.3 is 5.73 Å². The highest BCUT2D eigenvalue weighted by Crippen LogP contribution is 2.54. The van der Waals surface area contributed by atoms with Crippen molar-refractivity contribution < 1.29 is 8.78 Å². The van der Waals surface area contributed by atoms with E-state index >= 15 is 0 Å². The van der Waals surface area contributed by atoms with E-state index in [4.69, 9.17) is 10.8 Å². The van der Waals surface area contributed by atoms with E-state index in [1.165, 1.54) is 17.8 Å². The average molecular weight is 373 g/mol. The number of rotatable bonds is 6. The first-order chi connectivity index (χ1) is 12.6. The Morgan fingerprint density at radius 1 is 1.15 bits per heavy atom. The van der Waals surface area contributed by atoms with Crippen LogP contribution < -0.4 is 5.73 Å². The van der Waals surface area contributed by atoms with Gasteiger partial charge in [0, 0.05) is 11.6 Å². The molecule has 0 amide bonds. The van der Waals surface area contributed by atoms with Crippen molar-refractivity contribution in [1.82, 2.24) is 5.01 Å². The Labute approximate surface area is 156 Å². The van der Waals surface area contributed by atoms with Crippen LogP contribution >= 0.6 is 11.8 Å². The maximum Gasteiger partial charge on any atom is 0.134 e. The smallest absolute Gasteiger partial charge is 0.134 e. The first-order valence-corrected chi connectivity index (χ1v) is 9.74. The Morgan fingerprint density at radius 2 is 1.92 bits per heavy atom. The summed E-state index contributed by atoms with van der Waals surface area (Å²) >= 11 is 1.52. The van der Waals surface area contributed by atoms with Crippen LogP contribution in [0.15, 0.2) is 53.6 Å². The highest BCUT2D eigenvalue weighted by Gasteiger charge is 2.50. The molecule has 2 N–H and O–H groups in total. The van der Waals surface area contributed by atoms with E-state index in [-0.39, 0.29) is 5.56 Å². The van der Waals surface area contributed by atoms with Crippen LogP contribution in [0.4, 0.5) is 8.78 Å². The second-order valence-corrected chi connectivity index (χ2v) is 8.02. The van der Waals surface area contributed by atoms with Gasteiger partial charge in [-0.1, -0.05) is 42.1 Å². The number of nitrogens with zero attached hydrogens (tertiary/aromatic N) is 2. The van der Waals surface area contributed by atoms with Gasteiger partial charge in [-0.2, -0.15) is 5.10 Å². The van der Waals surface area contributed by atoms with Crippen molar-refractivity contribution in [1.29, 1.82) is 0 Å². The molecule has 26 heavy (non-hydrogen) atoms. The highest BCUT2D eigenvalue weighted by molar-refractivity contribution is 8.15. The van der Waals surface area contributed by atoms with Crippen LogP contribution in [-0.4, -0.2) is 22.6 Å². The molecule has 0 saturated heterocycles. The van der Waals surface area contributed by atoms with E-state index < -0.39 is 16.5 Å². The zero-order valence-electron chi connectivity index (χ0n) is 14.4. The second kappa shape index (κ2) is 7.00. The average Bonchev–Trinajstić information content (AvgIpc) is 3.43. The molecule has 0 radical (unpaired) electrons. The topological polar surface area (TPSA) is 41.6 Å². The summed E-state index contributed by atoms with van der Waals surface area (Å²) in [7, 11) is 0. The monoisotopic (exact) mass is 373 g/mol. The van der Waals surface area contributed by atoms with Crippen molar-refractivity contribution in [3.63, 3.8) is 0 Å². The molecule has 0 bridgehead atoms. The molecule has 2 aromatic rings. The van der Waals surface area contributed by atoms with Gasteiger partial charge in [0.1, 0.15) is 21.5 Å². The maximum atomic E-state index is 14.4.